The van der Waals surface area contributed by atoms with E-state index in [0.717, 1.165) is 10.8 Å². The minimum absolute atomic E-state index is 0.350. The fraction of sp³-hybridized carbons (Fsp3) is 0. The molecular formula is C22H18OS. The van der Waals surface area contributed by atoms with Gasteiger partial charge in [-0.05, 0) is 35.7 Å². The van der Waals surface area contributed by atoms with Gasteiger partial charge in [0.1, 0.15) is 5.75 Å². The molecule has 0 aliphatic heterocycles. The third kappa shape index (κ3) is 4.40. The Hall–Kier alpha value is -2.71. The Balaban J connectivity index is 0.000000143. The molecule has 0 spiro atoms. The van der Waals surface area contributed by atoms with Crippen LogP contribution in [0.4, 0.5) is 0 Å². The molecule has 0 fully saturated rings. The molecule has 0 saturated heterocycles. The molecule has 0 radical (unpaired) electrons. The molecule has 0 atom stereocenters. The predicted octanol–water partition coefficient (Wildman–Crippen LogP) is 6.38. The summed E-state index contributed by atoms with van der Waals surface area (Å²) in [4.78, 5) is 2.57. The van der Waals surface area contributed by atoms with Crippen LogP contribution in [0, 0.1) is 0 Å². The number of rotatable bonds is 2. The monoisotopic (exact) mass is 330 g/mol. The maximum Gasteiger partial charge on any atom is 0.123 e. The minimum Gasteiger partial charge on any atom is -0.507 e. The molecule has 0 heterocycles. The van der Waals surface area contributed by atoms with E-state index < -0.39 is 0 Å². The summed E-state index contributed by atoms with van der Waals surface area (Å²) in [6.45, 7) is 0. The second-order valence-electron chi connectivity index (χ2n) is 5.23. The SMILES string of the molecule is Oc1cccc2ccccc12.c1ccc(Sc2ccccc2)cc1. The van der Waals surface area contributed by atoms with Gasteiger partial charge >= 0.3 is 0 Å². The summed E-state index contributed by atoms with van der Waals surface area (Å²) in [5.41, 5.74) is 0. The van der Waals surface area contributed by atoms with E-state index >= 15 is 0 Å². The molecule has 1 nitrogen and oxygen atoms in total. The van der Waals surface area contributed by atoms with Gasteiger partial charge < -0.3 is 5.11 Å². The van der Waals surface area contributed by atoms with Crippen molar-refractivity contribution in [3.8, 4) is 5.75 Å². The van der Waals surface area contributed by atoms with E-state index in [0.29, 0.717) is 5.75 Å². The van der Waals surface area contributed by atoms with Crippen LogP contribution in [0.25, 0.3) is 10.8 Å². The summed E-state index contributed by atoms with van der Waals surface area (Å²) in [7, 11) is 0. The maximum atomic E-state index is 9.37. The van der Waals surface area contributed by atoms with Crippen molar-refractivity contribution in [2.24, 2.45) is 0 Å². The molecule has 1 N–H and O–H groups in total. The van der Waals surface area contributed by atoms with Crippen molar-refractivity contribution < 1.29 is 5.11 Å². The molecule has 0 aliphatic rings. The van der Waals surface area contributed by atoms with Crippen LogP contribution >= 0.6 is 11.8 Å². The highest BCUT2D eigenvalue weighted by Crippen LogP contribution is 2.26. The molecule has 0 saturated carbocycles. The summed E-state index contributed by atoms with van der Waals surface area (Å²) < 4.78 is 0. The Kier molecular flexibility index (Phi) is 5.54. The highest BCUT2D eigenvalue weighted by atomic mass is 32.2. The molecule has 4 rings (SSSR count). The summed E-state index contributed by atoms with van der Waals surface area (Å²) in [6.07, 6.45) is 0. The van der Waals surface area contributed by atoms with Gasteiger partial charge in [0.15, 0.2) is 0 Å². The minimum atomic E-state index is 0.350. The standard InChI is InChI=1S/C12H10S.C10H8O/c1-3-7-11(8-4-1)13-12-9-5-2-6-10-12;11-10-7-3-5-8-4-1-2-6-9(8)10/h1-10H;1-7,11H. The average molecular weight is 330 g/mol. The Morgan fingerprint density at radius 3 is 1.58 bits per heavy atom. The molecule has 0 unspecified atom stereocenters. The van der Waals surface area contributed by atoms with E-state index in [1.807, 2.05) is 48.5 Å². The van der Waals surface area contributed by atoms with Crippen molar-refractivity contribution in [2.75, 3.05) is 0 Å². The number of aromatic hydroxyl groups is 1. The van der Waals surface area contributed by atoms with Gasteiger partial charge in [0.05, 0.1) is 0 Å². The maximum absolute atomic E-state index is 9.37. The van der Waals surface area contributed by atoms with Crippen LogP contribution < -0.4 is 0 Å². The largest absolute Gasteiger partial charge is 0.507 e. The molecule has 0 aromatic heterocycles. The van der Waals surface area contributed by atoms with Crippen LogP contribution in [-0.4, -0.2) is 5.11 Å². The Morgan fingerprint density at radius 2 is 1.00 bits per heavy atom. The van der Waals surface area contributed by atoms with E-state index in [2.05, 4.69) is 48.5 Å². The molecule has 0 bridgehead atoms. The quantitative estimate of drug-likeness (QED) is 0.460. The first-order chi connectivity index (χ1) is 11.8. The molecule has 0 aliphatic carbocycles. The van der Waals surface area contributed by atoms with Crippen molar-refractivity contribution in [1.29, 1.82) is 0 Å². The van der Waals surface area contributed by atoms with Crippen LogP contribution in [0.1, 0.15) is 0 Å². The smallest absolute Gasteiger partial charge is 0.123 e. The van der Waals surface area contributed by atoms with Gasteiger partial charge in [-0.15, -0.1) is 0 Å². The van der Waals surface area contributed by atoms with Crippen LogP contribution in [-0.2, 0) is 0 Å². The number of fused-ring (bicyclic) bond motifs is 1. The summed E-state index contributed by atoms with van der Waals surface area (Å²) in [5, 5.41) is 11.4. The van der Waals surface area contributed by atoms with Gasteiger partial charge in [0.25, 0.3) is 0 Å². The second kappa shape index (κ2) is 8.23. The lowest BCUT2D eigenvalue weighted by atomic mass is 10.1. The van der Waals surface area contributed by atoms with Crippen molar-refractivity contribution in [3.63, 3.8) is 0 Å². The summed E-state index contributed by atoms with van der Waals surface area (Å²) >= 11 is 1.79. The summed E-state index contributed by atoms with van der Waals surface area (Å²) in [5.74, 6) is 0.350. The van der Waals surface area contributed by atoms with Gasteiger partial charge in [-0.1, -0.05) is 84.6 Å². The third-order valence-electron chi connectivity index (χ3n) is 3.49. The Morgan fingerprint density at radius 1 is 0.500 bits per heavy atom. The van der Waals surface area contributed by atoms with E-state index in [1.165, 1.54) is 9.79 Å². The predicted molar refractivity (Wildman–Crippen MR) is 103 cm³/mol. The van der Waals surface area contributed by atoms with Gasteiger partial charge in [-0.2, -0.15) is 0 Å². The second-order valence-corrected chi connectivity index (χ2v) is 6.37. The zero-order valence-corrected chi connectivity index (χ0v) is 14.0. The zero-order chi connectivity index (χ0) is 16.6. The van der Waals surface area contributed by atoms with E-state index in [4.69, 9.17) is 0 Å². The fourth-order valence-electron chi connectivity index (χ4n) is 2.32. The van der Waals surface area contributed by atoms with Gasteiger partial charge in [-0.25, -0.2) is 0 Å². The number of phenols is 1. The topological polar surface area (TPSA) is 20.2 Å². The summed E-state index contributed by atoms with van der Waals surface area (Å²) in [6, 6.07) is 34.1. The highest BCUT2D eigenvalue weighted by molar-refractivity contribution is 7.99. The van der Waals surface area contributed by atoms with Crippen molar-refractivity contribution in [3.05, 3.63) is 103 Å². The van der Waals surface area contributed by atoms with Gasteiger partial charge in [0, 0.05) is 15.2 Å². The normalized spacial score (nSPS) is 10.0. The van der Waals surface area contributed by atoms with Crippen molar-refractivity contribution in [2.45, 2.75) is 9.79 Å². The lowest BCUT2D eigenvalue weighted by Gasteiger charge is -1.99. The van der Waals surface area contributed by atoms with E-state index in [-0.39, 0.29) is 0 Å². The lowest BCUT2D eigenvalue weighted by Crippen LogP contribution is -1.70. The lowest BCUT2D eigenvalue weighted by molar-refractivity contribution is 0.481. The molecule has 4 aromatic carbocycles. The first-order valence-corrected chi connectivity index (χ1v) is 8.59. The molecular weight excluding hydrogens is 312 g/mol. The zero-order valence-electron chi connectivity index (χ0n) is 13.2. The van der Waals surface area contributed by atoms with Crippen molar-refractivity contribution >= 4 is 22.5 Å². The molecule has 4 aromatic rings. The Labute approximate surface area is 146 Å². The molecule has 2 heteroatoms. The highest BCUT2D eigenvalue weighted by Gasteiger charge is 1.95. The number of benzene rings is 4. The third-order valence-corrected chi connectivity index (χ3v) is 4.50. The number of phenolic OH excluding ortho intramolecular Hbond substituents is 1. The van der Waals surface area contributed by atoms with E-state index in [9.17, 15) is 5.11 Å². The van der Waals surface area contributed by atoms with Crippen LogP contribution in [0.3, 0.4) is 0 Å². The molecule has 24 heavy (non-hydrogen) atoms. The first-order valence-electron chi connectivity index (χ1n) is 7.77. The van der Waals surface area contributed by atoms with Gasteiger partial charge in [0.2, 0.25) is 0 Å². The van der Waals surface area contributed by atoms with Crippen LogP contribution in [0.2, 0.25) is 0 Å². The number of hydrogen-bond donors (Lipinski definition) is 1. The van der Waals surface area contributed by atoms with Crippen LogP contribution in [0.5, 0.6) is 5.75 Å². The van der Waals surface area contributed by atoms with Crippen molar-refractivity contribution in [1.82, 2.24) is 0 Å². The number of hydrogen-bond acceptors (Lipinski definition) is 2. The molecule has 118 valence electrons. The van der Waals surface area contributed by atoms with E-state index in [1.54, 1.807) is 17.8 Å². The van der Waals surface area contributed by atoms with Gasteiger partial charge in [-0.3, -0.25) is 0 Å². The fourth-order valence-corrected chi connectivity index (χ4v) is 3.18. The Bertz CT molecular complexity index is 846. The average Bonchev–Trinajstić information content (AvgIpc) is 2.65. The molecule has 0 amide bonds. The van der Waals surface area contributed by atoms with Crippen LogP contribution in [0.15, 0.2) is 113 Å². The first kappa shape index (κ1) is 16.2.